The van der Waals surface area contributed by atoms with Crippen molar-refractivity contribution >= 4 is 26.7 Å². The number of furan rings is 1. The summed E-state index contributed by atoms with van der Waals surface area (Å²) in [5, 5.41) is 2.36. The largest absolute Gasteiger partial charge is 0.438 e. The molecule has 1 amide bonds. The smallest absolute Gasteiger partial charge is 0.287 e. The van der Waals surface area contributed by atoms with E-state index in [1.807, 2.05) is 0 Å². The number of nitrogens with one attached hydrogen (secondary N) is 1. The van der Waals surface area contributed by atoms with Gasteiger partial charge < -0.3 is 9.73 Å². The molecule has 1 fully saturated rings. The Morgan fingerprint density at radius 2 is 2.05 bits per heavy atom. The van der Waals surface area contributed by atoms with Gasteiger partial charge in [0.15, 0.2) is 5.76 Å². The van der Waals surface area contributed by atoms with Crippen molar-refractivity contribution in [3.63, 3.8) is 0 Å². The molecular weight excluding hydrogens is 316 g/mol. The molecule has 0 saturated heterocycles. The second-order valence-electron chi connectivity index (χ2n) is 5.23. The molecule has 7 nitrogen and oxygen atoms in total. The highest BCUT2D eigenvalue weighted by atomic mass is 32.2. The van der Waals surface area contributed by atoms with Crippen molar-refractivity contribution in [2.75, 3.05) is 26.9 Å². The van der Waals surface area contributed by atoms with E-state index in [0.717, 1.165) is 17.1 Å². The fraction of sp³-hybridized carbons (Fsp3) is 0.583. The van der Waals surface area contributed by atoms with E-state index in [1.54, 1.807) is 6.26 Å². The summed E-state index contributed by atoms with van der Waals surface area (Å²) in [6.07, 6.45) is 3.25. The van der Waals surface area contributed by atoms with Crippen LogP contribution in [-0.2, 0) is 20.8 Å². The molecule has 118 valence electrons. The zero-order valence-electron chi connectivity index (χ0n) is 12.1. The summed E-state index contributed by atoms with van der Waals surface area (Å²) >= 11 is 0. The number of hydrogen-bond donors (Lipinski definition) is 1. The Bertz CT molecular complexity index is 674. The number of sulfonamides is 1. The highest BCUT2D eigenvalue weighted by Gasteiger charge is 2.46. The van der Waals surface area contributed by atoms with Gasteiger partial charge in [-0.25, -0.2) is 12.7 Å². The van der Waals surface area contributed by atoms with Crippen LogP contribution in [-0.4, -0.2) is 54.5 Å². The van der Waals surface area contributed by atoms with Gasteiger partial charge in [-0.05, 0) is 25.0 Å². The van der Waals surface area contributed by atoms with E-state index >= 15 is 0 Å². The Hall–Kier alpha value is -1.19. The van der Waals surface area contributed by atoms with Crippen LogP contribution in [0, 0.1) is 0 Å². The lowest BCUT2D eigenvalue weighted by Gasteiger charge is -2.12. The lowest BCUT2D eigenvalue weighted by molar-refractivity contribution is 0.0919. The molecule has 0 spiro atoms. The van der Waals surface area contributed by atoms with Crippen LogP contribution >= 0.6 is 0 Å². The van der Waals surface area contributed by atoms with Crippen LogP contribution in [0.5, 0.6) is 0 Å². The third-order valence-corrected chi connectivity index (χ3v) is 6.99. The first kappa shape index (κ1) is 16.2. The second-order valence-corrected chi connectivity index (χ2v) is 9.08. The molecule has 21 heavy (non-hydrogen) atoms. The van der Waals surface area contributed by atoms with Crippen LogP contribution in [0.15, 0.2) is 21.6 Å². The summed E-state index contributed by atoms with van der Waals surface area (Å²) in [5.41, 5.74) is 0. The molecule has 1 unspecified atom stereocenters. The molecule has 0 bridgehead atoms. The molecule has 1 saturated carbocycles. The number of nitrogens with zero attached hydrogens (tertiary/aromatic N) is 1. The van der Waals surface area contributed by atoms with Crippen molar-refractivity contribution < 1.29 is 21.8 Å². The summed E-state index contributed by atoms with van der Waals surface area (Å²) < 4.78 is 41.0. The van der Waals surface area contributed by atoms with Crippen LogP contribution in [0.2, 0.25) is 0 Å². The van der Waals surface area contributed by atoms with E-state index in [9.17, 15) is 17.4 Å². The highest BCUT2D eigenvalue weighted by Crippen LogP contribution is 2.40. The molecule has 1 aromatic rings. The molecule has 1 aliphatic rings. The van der Waals surface area contributed by atoms with Crippen LogP contribution < -0.4 is 5.32 Å². The van der Waals surface area contributed by atoms with Gasteiger partial charge in [0.25, 0.3) is 15.9 Å². The number of carbonyl (C=O) groups excluding carboxylic acids is 1. The van der Waals surface area contributed by atoms with Crippen molar-refractivity contribution in [2.45, 2.75) is 22.7 Å². The third kappa shape index (κ3) is 3.19. The SMILES string of the molecule is CN(C)S(=O)(=O)c1ccc(C(=O)NCC2(S(C)=O)CC2)o1. The molecule has 1 heterocycles. The molecule has 0 radical (unpaired) electrons. The Balaban J connectivity index is 2.05. The van der Waals surface area contributed by atoms with Gasteiger partial charge in [-0.3, -0.25) is 9.00 Å². The first-order valence-electron chi connectivity index (χ1n) is 6.33. The summed E-state index contributed by atoms with van der Waals surface area (Å²) in [6.45, 7) is 0.297. The molecule has 2 rings (SSSR count). The molecule has 9 heteroatoms. The maximum absolute atomic E-state index is 11.9. The van der Waals surface area contributed by atoms with E-state index in [2.05, 4.69) is 5.32 Å². The van der Waals surface area contributed by atoms with E-state index in [-0.39, 0.29) is 15.6 Å². The summed E-state index contributed by atoms with van der Waals surface area (Å²) in [7, 11) is -1.94. The van der Waals surface area contributed by atoms with E-state index in [1.165, 1.54) is 26.2 Å². The maximum Gasteiger partial charge on any atom is 0.287 e. The van der Waals surface area contributed by atoms with Gasteiger partial charge >= 0.3 is 0 Å². The minimum atomic E-state index is -3.70. The molecule has 0 aromatic carbocycles. The predicted octanol–water partition coefficient (Wildman–Crippen LogP) is 0.171. The average Bonchev–Trinajstić information content (AvgIpc) is 3.03. The second kappa shape index (κ2) is 5.54. The zero-order valence-corrected chi connectivity index (χ0v) is 13.7. The van der Waals surface area contributed by atoms with E-state index < -0.39 is 26.7 Å². The van der Waals surface area contributed by atoms with Gasteiger partial charge in [0.1, 0.15) is 0 Å². The lowest BCUT2D eigenvalue weighted by atomic mass is 10.3. The molecular formula is C12H18N2O5S2. The van der Waals surface area contributed by atoms with Gasteiger partial charge in [-0.2, -0.15) is 0 Å². The van der Waals surface area contributed by atoms with Gasteiger partial charge in [-0.1, -0.05) is 0 Å². The van der Waals surface area contributed by atoms with Gasteiger partial charge in [0, 0.05) is 37.7 Å². The fourth-order valence-corrected chi connectivity index (χ4v) is 3.54. The van der Waals surface area contributed by atoms with Crippen molar-refractivity contribution in [2.24, 2.45) is 0 Å². The quantitative estimate of drug-likeness (QED) is 0.800. The lowest BCUT2D eigenvalue weighted by Crippen LogP contribution is -2.35. The van der Waals surface area contributed by atoms with Crippen LogP contribution in [0.3, 0.4) is 0 Å². The Morgan fingerprint density at radius 1 is 1.43 bits per heavy atom. The Morgan fingerprint density at radius 3 is 2.52 bits per heavy atom. The summed E-state index contributed by atoms with van der Waals surface area (Å²) in [6, 6.07) is 2.56. The average molecular weight is 334 g/mol. The molecule has 0 aliphatic heterocycles. The molecule has 1 atom stereocenters. The summed E-state index contributed by atoms with van der Waals surface area (Å²) in [5.74, 6) is -0.583. The minimum Gasteiger partial charge on any atom is -0.438 e. The Labute approximate surface area is 126 Å². The fourth-order valence-electron chi connectivity index (χ4n) is 1.79. The molecule has 1 aromatic heterocycles. The minimum absolute atomic E-state index is 0.0758. The number of amides is 1. The van der Waals surface area contributed by atoms with E-state index in [4.69, 9.17) is 4.42 Å². The first-order chi connectivity index (χ1) is 9.69. The van der Waals surface area contributed by atoms with Crippen LogP contribution in [0.4, 0.5) is 0 Å². The zero-order chi connectivity index (χ0) is 15.8. The first-order valence-corrected chi connectivity index (χ1v) is 9.33. The molecule has 1 N–H and O–H groups in total. The van der Waals surface area contributed by atoms with Crippen molar-refractivity contribution in [1.82, 2.24) is 9.62 Å². The van der Waals surface area contributed by atoms with Crippen LogP contribution in [0.1, 0.15) is 23.4 Å². The normalized spacial score (nSPS) is 18.5. The highest BCUT2D eigenvalue weighted by molar-refractivity contribution is 7.89. The maximum atomic E-state index is 11.9. The van der Waals surface area contributed by atoms with Gasteiger partial charge in [0.2, 0.25) is 5.09 Å². The summed E-state index contributed by atoms with van der Waals surface area (Å²) in [4.78, 5) is 11.9. The molecule has 1 aliphatic carbocycles. The van der Waals surface area contributed by atoms with Crippen molar-refractivity contribution in [3.05, 3.63) is 17.9 Å². The van der Waals surface area contributed by atoms with E-state index in [0.29, 0.717) is 6.54 Å². The van der Waals surface area contributed by atoms with Crippen molar-refractivity contribution in [3.8, 4) is 0 Å². The predicted molar refractivity (Wildman–Crippen MR) is 77.9 cm³/mol. The standard InChI is InChI=1S/C12H18N2O5S2/c1-14(2)21(17,18)10-5-4-9(19-10)11(15)13-8-12(6-7-12)20(3)16/h4-5H,6-8H2,1-3H3,(H,13,15). The number of rotatable bonds is 6. The van der Waals surface area contributed by atoms with Crippen molar-refractivity contribution in [1.29, 1.82) is 0 Å². The van der Waals surface area contributed by atoms with Gasteiger partial charge in [-0.15, -0.1) is 0 Å². The van der Waals surface area contributed by atoms with Gasteiger partial charge in [0.05, 0.1) is 4.75 Å². The monoisotopic (exact) mass is 334 g/mol. The topological polar surface area (TPSA) is 96.7 Å². The number of carbonyl (C=O) groups is 1. The number of hydrogen-bond acceptors (Lipinski definition) is 5. The third-order valence-electron chi connectivity index (χ3n) is 3.53. The van der Waals surface area contributed by atoms with Crippen LogP contribution in [0.25, 0.3) is 0 Å². The Kier molecular flexibility index (Phi) is 4.27.